The largest absolute Gasteiger partial charge is 0.386 e. The van der Waals surface area contributed by atoms with Crippen LogP contribution in [0.25, 0.3) is 0 Å². The standard InChI is InChI=1S/C10H10BrN3O/c11-9-3-1-8(2-4-9)10(15)7-14-6-5-12-13-14/h1-6,10,15H,7H2. The summed E-state index contributed by atoms with van der Waals surface area (Å²) in [6.07, 6.45) is 2.76. The zero-order valence-electron chi connectivity index (χ0n) is 7.92. The molecule has 0 aliphatic rings. The summed E-state index contributed by atoms with van der Waals surface area (Å²) in [6, 6.07) is 7.57. The number of nitrogens with zero attached hydrogens (tertiary/aromatic N) is 3. The average molecular weight is 268 g/mol. The molecule has 0 fully saturated rings. The van der Waals surface area contributed by atoms with Gasteiger partial charge in [-0.1, -0.05) is 33.3 Å². The topological polar surface area (TPSA) is 50.9 Å². The molecule has 4 nitrogen and oxygen atoms in total. The van der Waals surface area contributed by atoms with Crippen molar-refractivity contribution < 1.29 is 5.11 Å². The molecule has 1 unspecified atom stereocenters. The Kier molecular flexibility index (Phi) is 3.13. The average Bonchev–Trinajstić information content (AvgIpc) is 2.71. The Hall–Kier alpha value is -1.20. The van der Waals surface area contributed by atoms with Crippen molar-refractivity contribution in [3.05, 3.63) is 46.7 Å². The van der Waals surface area contributed by atoms with Gasteiger partial charge in [-0.05, 0) is 17.7 Å². The van der Waals surface area contributed by atoms with E-state index in [2.05, 4.69) is 26.2 Å². The summed E-state index contributed by atoms with van der Waals surface area (Å²) in [6.45, 7) is 0.418. The number of halogens is 1. The molecule has 0 aliphatic carbocycles. The second-order valence-corrected chi connectivity index (χ2v) is 4.11. The van der Waals surface area contributed by atoms with Crippen LogP contribution in [-0.2, 0) is 6.54 Å². The van der Waals surface area contributed by atoms with E-state index in [9.17, 15) is 5.11 Å². The Morgan fingerprint density at radius 2 is 2.07 bits per heavy atom. The van der Waals surface area contributed by atoms with Gasteiger partial charge in [0.05, 0.1) is 18.8 Å². The highest BCUT2D eigenvalue weighted by molar-refractivity contribution is 9.10. The van der Waals surface area contributed by atoms with Gasteiger partial charge in [0.2, 0.25) is 0 Å². The Morgan fingerprint density at radius 1 is 1.33 bits per heavy atom. The first-order valence-corrected chi connectivity index (χ1v) is 5.32. The van der Waals surface area contributed by atoms with E-state index in [1.165, 1.54) is 0 Å². The van der Waals surface area contributed by atoms with Crippen LogP contribution >= 0.6 is 15.9 Å². The fraction of sp³-hybridized carbons (Fsp3) is 0.200. The van der Waals surface area contributed by atoms with E-state index < -0.39 is 6.10 Å². The Bertz CT molecular complexity index is 413. The predicted octanol–water partition coefficient (Wildman–Crippen LogP) is 1.77. The van der Waals surface area contributed by atoms with Gasteiger partial charge in [0.25, 0.3) is 0 Å². The van der Waals surface area contributed by atoms with Crippen LogP contribution in [0, 0.1) is 0 Å². The molecule has 5 heteroatoms. The van der Waals surface area contributed by atoms with Crippen molar-refractivity contribution in [2.24, 2.45) is 0 Å². The molecule has 0 radical (unpaired) electrons. The van der Waals surface area contributed by atoms with Crippen molar-refractivity contribution in [2.45, 2.75) is 12.6 Å². The molecule has 1 atom stereocenters. The van der Waals surface area contributed by atoms with Crippen LogP contribution in [0.15, 0.2) is 41.1 Å². The summed E-state index contributed by atoms with van der Waals surface area (Å²) in [5.41, 5.74) is 0.869. The molecule has 1 heterocycles. The van der Waals surface area contributed by atoms with Gasteiger partial charge in [0, 0.05) is 10.7 Å². The van der Waals surface area contributed by atoms with E-state index in [0.717, 1.165) is 10.0 Å². The van der Waals surface area contributed by atoms with Gasteiger partial charge in [0.1, 0.15) is 0 Å². The first-order valence-electron chi connectivity index (χ1n) is 4.53. The second kappa shape index (κ2) is 4.55. The van der Waals surface area contributed by atoms with E-state index >= 15 is 0 Å². The van der Waals surface area contributed by atoms with Crippen LogP contribution in [0.5, 0.6) is 0 Å². The van der Waals surface area contributed by atoms with Crippen molar-refractivity contribution in [1.29, 1.82) is 0 Å². The monoisotopic (exact) mass is 267 g/mol. The fourth-order valence-electron chi connectivity index (χ4n) is 1.30. The van der Waals surface area contributed by atoms with Gasteiger partial charge in [-0.15, -0.1) is 5.10 Å². The maximum Gasteiger partial charge on any atom is 0.0986 e. The van der Waals surface area contributed by atoms with E-state index in [1.807, 2.05) is 24.3 Å². The van der Waals surface area contributed by atoms with Crippen molar-refractivity contribution in [1.82, 2.24) is 15.0 Å². The maximum atomic E-state index is 9.88. The van der Waals surface area contributed by atoms with Crippen LogP contribution in [0.2, 0.25) is 0 Å². The highest BCUT2D eigenvalue weighted by Crippen LogP contribution is 2.17. The molecule has 78 valence electrons. The lowest BCUT2D eigenvalue weighted by molar-refractivity contribution is 0.150. The van der Waals surface area contributed by atoms with Gasteiger partial charge in [-0.25, -0.2) is 4.68 Å². The minimum absolute atomic E-state index is 0.418. The van der Waals surface area contributed by atoms with Crippen LogP contribution < -0.4 is 0 Å². The third kappa shape index (κ3) is 2.64. The summed E-state index contributed by atoms with van der Waals surface area (Å²) < 4.78 is 2.60. The lowest BCUT2D eigenvalue weighted by Gasteiger charge is -2.10. The van der Waals surface area contributed by atoms with Crippen molar-refractivity contribution in [3.8, 4) is 0 Å². The van der Waals surface area contributed by atoms with Gasteiger partial charge < -0.3 is 5.11 Å². The number of hydrogen-bond donors (Lipinski definition) is 1. The molecule has 1 aromatic heterocycles. The van der Waals surface area contributed by atoms with Gasteiger partial charge in [-0.3, -0.25) is 0 Å². The molecule has 2 aromatic rings. The lowest BCUT2D eigenvalue weighted by atomic mass is 10.1. The number of benzene rings is 1. The minimum atomic E-state index is -0.556. The van der Waals surface area contributed by atoms with Crippen molar-refractivity contribution in [2.75, 3.05) is 0 Å². The summed E-state index contributed by atoms with van der Waals surface area (Å²) in [4.78, 5) is 0. The van der Waals surface area contributed by atoms with Crippen LogP contribution in [0.1, 0.15) is 11.7 Å². The first kappa shape index (κ1) is 10.3. The molecule has 0 aliphatic heterocycles. The summed E-state index contributed by atoms with van der Waals surface area (Å²) >= 11 is 3.35. The van der Waals surface area contributed by atoms with Crippen LogP contribution in [0.3, 0.4) is 0 Å². The number of aromatic nitrogens is 3. The van der Waals surface area contributed by atoms with E-state index in [-0.39, 0.29) is 0 Å². The molecular weight excluding hydrogens is 258 g/mol. The van der Waals surface area contributed by atoms with Crippen LogP contribution in [0.4, 0.5) is 0 Å². The van der Waals surface area contributed by atoms with E-state index in [1.54, 1.807) is 17.1 Å². The molecule has 15 heavy (non-hydrogen) atoms. The normalized spacial score (nSPS) is 12.7. The lowest BCUT2D eigenvalue weighted by Crippen LogP contribution is -2.09. The van der Waals surface area contributed by atoms with Gasteiger partial charge >= 0.3 is 0 Å². The van der Waals surface area contributed by atoms with Gasteiger partial charge in [-0.2, -0.15) is 0 Å². The smallest absolute Gasteiger partial charge is 0.0986 e. The molecule has 1 N–H and O–H groups in total. The zero-order chi connectivity index (χ0) is 10.7. The number of hydrogen-bond acceptors (Lipinski definition) is 3. The van der Waals surface area contributed by atoms with Crippen LogP contribution in [-0.4, -0.2) is 20.1 Å². The molecule has 0 spiro atoms. The third-order valence-electron chi connectivity index (χ3n) is 2.09. The molecule has 0 saturated heterocycles. The second-order valence-electron chi connectivity index (χ2n) is 3.19. The summed E-state index contributed by atoms with van der Waals surface area (Å²) in [7, 11) is 0. The van der Waals surface area contributed by atoms with E-state index in [0.29, 0.717) is 6.54 Å². The summed E-state index contributed by atoms with van der Waals surface area (Å²) in [5, 5.41) is 17.4. The molecule has 0 bridgehead atoms. The number of rotatable bonds is 3. The molecular formula is C10H10BrN3O. The van der Waals surface area contributed by atoms with Crippen molar-refractivity contribution >= 4 is 15.9 Å². The zero-order valence-corrected chi connectivity index (χ0v) is 9.50. The van der Waals surface area contributed by atoms with Gasteiger partial charge in [0.15, 0.2) is 0 Å². The molecule has 0 saturated carbocycles. The third-order valence-corrected chi connectivity index (χ3v) is 2.62. The SMILES string of the molecule is OC(Cn1ccnn1)c1ccc(Br)cc1. The number of aliphatic hydroxyl groups is 1. The van der Waals surface area contributed by atoms with Crippen molar-refractivity contribution in [3.63, 3.8) is 0 Å². The highest BCUT2D eigenvalue weighted by atomic mass is 79.9. The van der Waals surface area contributed by atoms with E-state index in [4.69, 9.17) is 0 Å². The first-order chi connectivity index (χ1) is 7.25. The quantitative estimate of drug-likeness (QED) is 0.923. The molecule has 1 aromatic carbocycles. The fourth-order valence-corrected chi connectivity index (χ4v) is 1.56. The summed E-state index contributed by atoms with van der Waals surface area (Å²) in [5.74, 6) is 0. The Morgan fingerprint density at radius 3 is 2.67 bits per heavy atom. The number of aliphatic hydroxyl groups excluding tert-OH is 1. The Balaban J connectivity index is 2.08. The molecule has 2 rings (SSSR count). The Labute approximate surface area is 95.7 Å². The maximum absolute atomic E-state index is 9.88. The predicted molar refractivity (Wildman–Crippen MR) is 59.1 cm³/mol. The highest BCUT2D eigenvalue weighted by Gasteiger charge is 2.08. The minimum Gasteiger partial charge on any atom is -0.386 e. The molecule has 0 amide bonds.